The van der Waals surface area contributed by atoms with Crippen molar-refractivity contribution in [1.82, 2.24) is 15.2 Å². The fraction of sp³-hybridized carbons (Fsp3) is 0.444. The molecule has 2 aromatic rings. The summed E-state index contributed by atoms with van der Waals surface area (Å²) in [5.74, 6) is 0.784. The van der Waals surface area contributed by atoms with Gasteiger partial charge in [-0.25, -0.2) is 4.98 Å². The summed E-state index contributed by atoms with van der Waals surface area (Å²) in [5.41, 5.74) is 3.24. The molecule has 0 aliphatic carbocycles. The smallest absolute Gasteiger partial charge is 0.228 e. The number of rotatable bonds is 5. The molecule has 1 unspecified atom stereocenters. The van der Waals surface area contributed by atoms with Crippen LogP contribution in [0.4, 0.5) is 0 Å². The largest absolute Gasteiger partial charge is 0.342 e. The van der Waals surface area contributed by atoms with E-state index >= 15 is 0 Å². The number of likely N-dealkylation sites (tertiary alicyclic amines) is 1. The van der Waals surface area contributed by atoms with E-state index < -0.39 is 0 Å². The van der Waals surface area contributed by atoms with Gasteiger partial charge in [-0.2, -0.15) is 0 Å². The molecule has 1 N–H and O–H groups in total. The average Bonchev–Trinajstić information content (AvgIpc) is 3.18. The van der Waals surface area contributed by atoms with Crippen molar-refractivity contribution in [2.45, 2.75) is 19.8 Å². The second-order valence-corrected chi connectivity index (χ2v) is 7.10. The summed E-state index contributed by atoms with van der Waals surface area (Å²) in [7, 11) is 1.96. The van der Waals surface area contributed by atoms with E-state index in [0.717, 1.165) is 42.3 Å². The SMILES string of the molecule is CNCC1CCN(C(=O)Cc2csc(-c3ccc(C)cc3)n2)C1. The van der Waals surface area contributed by atoms with E-state index in [9.17, 15) is 4.79 Å². The van der Waals surface area contributed by atoms with Crippen molar-refractivity contribution in [1.29, 1.82) is 0 Å². The van der Waals surface area contributed by atoms with Crippen molar-refractivity contribution in [2.24, 2.45) is 5.92 Å². The molecule has 23 heavy (non-hydrogen) atoms. The number of nitrogens with one attached hydrogen (secondary N) is 1. The molecule has 122 valence electrons. The Morgan fingerprint density at radius 1 is 1.39 bits per heavy atom. The minimum Gasteiger partial charge on any atom is -0.342 e. The zero-order chi connectivity index (χ0) is 16.2. The van der Waals surface area contributed by atoms with Gasteiger partial charge in [-0.1, -0.05) is 29.8 Å². The fourth-order valence-corrected chi connectivity index (χ4v) is 3.82. The van der Waals surface area contributed by atoms with Crippen LogP contribution in [0.5, 0.6) is 0 Å². The van der Waals surface area contributed by atoms with E-state index in [1.807, 2.05) is 17.3 Å². The highest BCUT2D eigenvalue weighted by atomic mass is 32.1. The number of carbonyl (C=O) groups excluding carboxylic acids is 1. The van der Waals surface area contributed by atoms with Crippen LogP contribution in [-0.4, -0.2) is 42.5 Å². The number of hydrogen-bond donors (Lipinski definition) is 1. The number of aromatic nitrogens is 1. The Kier molecular flexibility index (Phi) is 5.08. The van der Waals surface area contributed by atoms with Crippen LogP contribution in [0.25, 0.3) is 10.6 Å². The summed E-state index contributed by atoms with van der Waals surface area (Å²) < 4.78 is 0. The van der Waals surface area contributed by atoms with Gasteiger partial charge < -0.3 is 10.2 Å². The normalized spacial score (nSPS) is 17.7. The molecular weight excluding hydrogens is 306 g/mol. The van der Waals surface area contributed by atoms with Crippen LogP contribution in [0.15, 0.2) is 29.6 Å². The van der Waals surface area contributed by atoms with Gasteiger partial charge in [-0.3, -0.25) is 4.79 Å². The van der Waals surface area contributed by atoms with Gasteiger partial charge in [0.25, 0.3) is 0 Å². The number of benzene rings is 1. The van der Waals surface area contributed by atoms with E-state index in [4.69, 9.17) is 0 Å². The summed E-state index contributed by atoms with van der Waals surface area (Å²) in [6.07, 6.45) is 1.51. The second-order valence-electron chi connectivity index (χ2n) is 6.24. The first-order valence-corrected chi connectivity index (χ1v) is 8.97. The number of amides is 1. The highest BCUT2D eigenvalue weighted by molar-refractivity contribution is 7.13. The Bertz CT molecular complexity index is 665. The molecule has 5 heteroatoms. The van der Waals surface area contributed by atoms with Crippen LogP contribution in [-0.2, 0) is 11.2 Å². The van der Waals surface area contributed by atoms with Crippen LogP contribution in [0.2, 0.25) is 0 Å². The second kappa shape index (κ2) is 7.23. The lowest BCUT2D eigenvalue weighted by atomic mass is 10.1. The molecule has 1 fully saturated rings. The lowest BCUT2D eigenvalue weighted by Gasteiger charge is -2.15. The summed E-state index contributed by atoms with van der Waals surface area (Å²) in [5, 5.41) is 6.19. The van der Waals surface area contributed by atoms with E-state index in [2.05, 4.69) is 41.5 Å². The van der Waals surface area contributed by atoms with Crippen LogP contribution in [0, 0.1) is 12.8 Å². The van der Waals surface area contributed by atoms with Crippen molar-refractivity contribution in [2.75, 3.05) is 26.7 Å². The van der Waals surface area contributed by atoms with Gasteiger partial charge in [0.15, 0.2) is 0 Å². The minimum absolute atomic E-state index is 0.198. The number of hydrogen-bond acceptors (Lipinski definition) is 4. The van der Waals surface area contributed by atoms with Gasteiger partial charge in [-0.05, 0) is 32.9 Å². The lowest BCUT2D eigenvalue weighted by Crippen LogP contribution is -2.31. The molecule has 1 saturated heterocycles. The van der Waals surface area contributed by atoms with Gasteiger partial charge in [0.05, 0.1) is 12.1 Å². The zero-order valence-corrected chi connectivity index (χ0v) is 14.5. The quantitative estimate of drug-likeness (QED) is 0.917. The molecule has 2 heterocycles. The third-order valence-electron chi connectivity index (χ3n) is 4.31. The molecule has 1 amide bonds. The Balaban J connectivity index is 1.61. The number of thiazole rings is 1. The molecule has 1 aliphatic heterocycles. The molecule has 1 atom stereocenters. The third kappa shape index (κ3) is 3.98. The third-order valence-corrected chi connectivity index (χ3v) is 5.25. The summed E-state index contributed by atoms with van der Waals surface area (Å²) in [6.45, 7) is 4.81. The van der Waals surface area contributed by atoms with Gasteiger partial charge in [0, 0.05) is 24.0 Å². The van der Waals surface area contributed by atoms with E-state index in [-0.39, 0.29) is 5.91 Å². The van der Waals surface area contributed by atoms with Crippen LogP contribution >= 0.6 is 11.3 Å². The maximum atomic E-state index is 12.4. The maximum absolute atomic E-state index is 12.4. The fourth-order valence-electron chi connectivity index (χ4n) is 3.00. The number of carbonyl (C=O) groups is 1. The Labute approximate surface area is 141 Å². The summed E-state index contributed by atoms with van der Waals surface area (Å²) in [4.78, 5) is 19.0. The van der Waals surface area contributed by atoms with Crippen molar-refractivity contribution in [3.63, 3.8) is 0 Å². The number of aryl methyl sites for hydroxylation is 1. The van der Waals surface area contributed by atoms with E-state index in [1.54, 1.807) is 11.3 Å². The standard InChI is InChI=1S/C18H23N3OS/c1-13-3-5-15(6-4-13)18-20-16(12-23-18)9-17(22)21-8-7-14(11-21)10-19-2/h3-6,12,14,19H,7-11H2,1-2H3. The molecule has 1 aromatic heterocycles. The van der Waals surface area contributed by atoms with Gasteiger partial charge in [0.1, 0.15) is 5.01 Å². The first-order valence-electron chi connectivity index (χ1n) is 8.09. The molecule has 1 aromatic carbocycles. The van der Waals surface area contributed by atoms with Crippen molar-refractivity contribution >= 4 is 17.2 Å². The predicted octanol–water partition coefficient (Wildman–Crippen LogP) is 2.73. The Hall–Kier alpha value is -1.72. The first kappa shape index (κ1) is 16.1. The highest BCUT2D eigenvalue weighted by Gasteiger charge is 2.26. The van der Waals surface area contributed by atoms with Crippen molar-refractivity contribution < 1.29 is 4.79 Å². The van der Waals surface area contributed by atoms with E-state index in [0.29, 0.717) is 12.3 Å². The Morgan fingerprint density at radius 3 is 2.91 bits per heavy atom. The monoisotopic (exact) mass is 329 g/mol. The topological polar surface area (TPSA) is 45.2 Å². The van der Waals surface area contributed by atoms with Crippen molar-refractivity contribution in [3.05, 3.63) is 40.9 Å². The average molecular weight is 329 g/mol. The molecule has 3 rings (SSSR count). The van der Waals surface area contributed by atoms with Gasteiger partial charge >= 0.3 is 0 Å². The molecule has 4 nitrogen and oxygen atoms in total. The molecular formula is C18H23N3OS. The van der Waals surface area contributed by atoms with Crippen LogP contribution < -0.4 is 5.32 Å². The summed E-state index contributed by atoms with van der Waals surface area (Å²) in [6, 6.07) is 8.35. The molecule has 0 saturated carbocycles. The minimum atomic E-state index is 0.198. The molecule has 0 spiro atoms. The predicted molar refractivity (Wildman–Crippen MR) is 94.6 cm³/mol. The Morgan fingerprint density at radius 2 is 2.17 bits per heavy atom. The molecule has 1 aliphatic rings. The molecule has 0 radical (unpaired) electrons. The van der Waals surface area contributed by atoms with Crippen molar-refractivity contribution in [3.8, 4) is 10.6 Å². The first-order chi connectivity index (χ1) is 11.2. The lowest BCUT2D eigenvalue weighted by molar-refractivity contribution is -0.129. The zero-order valence-electron chi connectivity index (χ0n) is 13.7. The molecule has 0 bridgehead atoms. The van der Waals surface area contributed by atoms with Crippen LogP contribution in [0.3, 0.4) is 0 Å². The van der Waals surface area contributed by atoms with Gasteiger partial charge in [0.2, 0.25) is 5.91 Å². The maximum Gasteiger partial charge on any atom is 0.228 e. The highest BCUT2D eigenvalue weighted by Crippen LogP contribution is 2.25. The van der Waals surface area contributed by atoms with Gasteiger partial charge in [-0.15, -0.1) is 11.3 Å². The number of nitrogens with zero attached hydrogens (tertiary/aromatic N) is 2. The van der Waals surface area contributed by atoms with E-state index in [1.165, 1.54) is 5.56 Å². The van der Waals surface area contributed by atoms with Crippen LogP contribution in [0.1, 0.15) is 17.7 Å². The summed E-state index contributed by atoms with van der Waals surface area (Å²) >= 11 is 1.61.